The number of amides is 2. The normalized spacial score (nSPS) is 20.1. The van der Waals surface area contributed by atoms with Crippen LogP contribution in [-0.4, -0.2) is 47.9 Å². The van der Waals surface area contributed by atoms with E-state index in [1.165, 1.54) is 5.56 Å². The lowest BCUT2D eigenvalue weighted by Gasteiger charge is -2.32. The van der Waals surface area contributed by atoms with Crippen molar-refractivity contribution in [1.29, 1.82) is 0 Å². The van der Waals surface area contributed by atoms with Gasteiger partial charge in [-0.15, -0.1) is 23.5 Å². The molecule has 2 saturated heterocycles. The van der Waals surface area contributed by atoms with E-state index >= 15 is 0 Å². The van der Waals surface area contributed by atoms with Gasteiger partial charge in [-0.25, -0.2) is 0 Å². The van der Waals surface area contributed by atoms with Gasteiger partial charge in [-0.1, -0.05) is 42.5 Å². The zero-order valence-corrected chi connectivity index (χ0v) is 17.0. The van der Waals surface area contributed by atoms with Crippen LogP contribution in [0.25, 0.3) is 0 Å². The number of hydrogen-bond acceptors (Lipinski definition) is 5. The van der Waals surface area contributed by atoms with Gasteiger partial charge in [0.25, 0.3) is 0 Å². The molecule has 2 aliphatic rings. The molecule has 5 nitrogen and oxygen atoms in total. The summed E-state index contributed by atoms with van der Waals surface area (Å²) in [6.45, 7) is 1.22. The molecule has 2 aromatic carbocycles. The van der Waals surface area contributed by atoms with Gasteiger partial charge in [0.15, 0.2) is 0 Å². The third-order valence-corrected chi connectivity index (χ3v) is 7.86. The number of thioether (sulfide) groups is 2. The van der Waals surface area contributed by atoms with Crippen LogP contribution >= 0.6 is 23.5 Å². The summed E-state index contributed by atoms with van der Waals surface area (Å²) in [5.41, 5.74) is 2.85. The molecule has 4 rings (SSSR count). The van der Waals surface area contributed by atoms with Crippen LogP contribution in [0.15, 0.2) is 54.6 Å². The van der Waals surface area contributed by atoms with E-state index < -0.39 is 11.8 Å². The van der Waals surface area contributed by atoms with E-state index in [9.17, 15) is 9.59 Å². The second-order valence-corrected chi connectivity index (χ2v) is 9.40. The molecule has 2 aromatic rings. The Bertz CT molecular complexity index is 841. The van der Waals surface area contributed by atoms with Gasteiger partial charge in [0.05, 0.1) is 17.7 Å². The van der Waals surface area contributed by atoms with Crippen molar-refractivity contribution in [2.75, 3.05) is 36.5 Å². The van der Waals surface area contributed by atoms with Gasteiger partial charge >= 0.3 is 11.8 Å². The predicted octanol–water partition coefficient (Wildman–Crippen LogP) is 3.70. The molecular formula is C21H22N2O3S2. The SMILES string of the molecule is O=C(Nc1cccc(C2SCCS2)c1)C(=O)N1CCOC(c2ccccc2)C1. The average molecular weight is 415 g/mol. The molecule has 0 spiro atoms. The standard InChI is InChI=1S/C21H22N2O3S2/c24-19(22-17-8-4-7-16(13-17)21-27-11-12-28-21)20(25)23-9-10-26-18(14-23)15-5-2-1-3-6-15/h1-8,13,18,21H,9-12,14H2,(H,22,24). The van der Waals surface area contributed by atoms with Gasteiger partial charge in [-0.2, -0.15) is 0 Å². The second-order valence-electron chi connectivity index (χ2n) is 6.67. The molecule has 7 heteroatoms. The summed E-state index contributed by atoms with van der Waals surface area (Å²) in [4.78, 5) is 26.8. The van der Waals surface area contributed by atoms with Gasteiger partial charge < -0.3 is 15.0 Å². The summed E-state index contributed by atoms with van der Waals surface area (Å²) in [7, 11) is 0. The van der Waals surface area contributed by atoms with Crippen LogP contribution in [0.4, 0.5) is 5.69 Å². The highest BCUT2D eigenvalue weighted by atomic mass is 32.2. The highest BCUT2D eigenvalue weighted by molar-refractivity contribution is 8.19. The smallest absolute Gasteiger partial charge is 0.313 e. The lowest BCUT2D eigenvalue weighted by molar-refractivity contribution is -0.148. The van der Waals surface area contributed by atoms with Crippen molar-refractivity contribution in [3.8, 4) is 0 Å². The van der Waals surface area contributed by atoms with Gasteiger partial charge in [-0.05, 0) is 23.3 Å². The van der Waals surface area contributed by atoms with E-state index in [-0.39, 0.29) is 6.10 Å². The Morgan fingerprint density at radius 3 is 2.54 bits per heavy atom. The molecule has 2 aliphatic heterocycles. The summed E-state index contributed by atoms with van der Waals surface area (Å²) in [6, 6.07) is 17.6. The van der Waals surface area contributed by atoms with E-state index in [2.05, 4.69) is 11.4 Å². The number of rotatable bonds is 3. The van der Waals surface area contributed by atoms with Gasteiger partial charge in [0, 0.05) is 23.7 Å². The number of nitrogens with zero attached hydrogens (tertiary/aromatic N) is 1. The van der Waals surface area contributed by atoms with Gasteiger partial charge in [0.1, 0.15) is 6.10 Å². The number of carbonyl (C=O) groups excluding carboxylic acids is 2. The van der Waals surface area contributed by atoms with Crippen LogP contribution < -0.4 is 5.32 Å². The lowest BCUT2D eigenvalue weighted by atomic mass is 10.1. The highest BCUT2D eigenvalue weighted by Gasteiger charge is 2.29. The second kappa shape index (κ2) is 9.03. The van der Waals surface area contributed by atoms with E-state index in [0.717, 1.165) is 17.1 Å². The van der Waals surface area contributed by atoms with Crippen LogP contribution in [0.1, 0.15) is 21.8 Å². The third-order valence-electron chi connectivity index (χ3n) is 4.76. The summed E-state index contributed by atoms with van der Waals surface area (Å²) < 4.78 is 6.19. The van der Waals surface area contributed by atoms with Crippen LogP contribution in [0, 0.1) is 0 Å². The van der Waals surface area contributed by atoms with E-state index in [1.54, 1.807) is 4.90 Å². The Kier molecular flexibility index (Phi) is 6.24. The van der Waals surface area contributed by atoms with Crippen LogP contribution in [-0.2, 0) is 14.3 Å². The fourth-order valence-electron chi connectivity index (χ4n) is 3.35. The molecule has 0 aliphatic carbocycles. The lowest BCUT2D eigenvalue weighted by Crippen LogP contribution is -2.46. The van der Waals surface area contributed by atoms with Crippen molar-refractivity contribution in [1.82, 2.24) is 4.90 Å². The minimum Gasteiger partial charge on any atom is -0.370 e. The zero-order valence-electron chi connectivity index (χ0n) is 15.4. The topological polar surface area (TPSA) is 58.6 Å². The number of morpholine rings is 1. The number of hydrogen-bond donors (Lipinski definition) is 1. The molecule has 0 bridgehead atoms. The molecule has 2 fully saturated rings. The minimum atomic E-state index is -0.599. The molecule has 146 valence electrons. The molecule has 0 radical (unpaired) electrons. The van der Waals surface area contributed by atoms with Crippen LogP contribution in [0.5, 0.6) is 0 Å². The Morgan fingerprint density at radius 1 is 1.00 bits per heavy atom. The Balaban J connectivity index is 1.39. The van der Waals surface area contributed by atoms with Crippen molar-refractivity contribution in [3.05, 3.63) is 65.7 Å². The van der Waals surface area contributed by atoms with E-state index in [4.69, 9.17) is 4.74 Å². The molecule has 0 aromatic heterocycles. The largest absolute Gasteiger partial charge is 0.370 e. The molecule has 2 amide bonds. The maximum absolute atomic E-state index is 12.7. The maximum Gasteiger partial charge on any atom is 0.313 e. The summed E-state index contributed by atoms with van der Waals surface area (Å²) in [6.07, 6.45) is -0.202. The van der Waals surface area contributed by atoms with Crippen molar-refractivity contribution in [2.45, 2.75) is 10.7 Å². The zero-order chi connectivity index (χ0) is 19.3. The van der Waals surface area contributed by atoms with Crippen molar-refractivity contribution in [2.24, 2.45) is 0 Å². The minimum absolute atomic E-state index is 0.202. The number of carbonyl (C=O) groups is 2. The molecule has 2 heterocycles. The summed E-state index contributed by atoms with van der Waals surface area (Å²) in [5.74, 6) is 1.17. The van der Waals surface area contributed by atoms with Crippen LogP contribution in [0.3, 0.4) is 0 Å². The first-order valence-corrected chi connectivity index (χ1v) is 11.4. The van der Waals surface area contributed by atoms with Gasteiger partial charge in [0.2, 0.25) is 0 Å². The van der Waals surface area contributed by atoms with E-state index in [1.807, 2.05) is 72.1 Å². The maximum atomic E-state index is 12.7. The van der Waals surface area contributed by atoms with Crippen molar-refractivity contribution < 1.29 is 14.3 Å². The highest BCUT2D eigenvalue weighted by Crippen LogP contribution is 2.45. The number of anilines is 1. The number of benzene rings is 2. The fraction of sp³-hybridized carbons (Fsp3) is 0.333. The Hall–Kier alpha value is -1.96. The fourth-order valence-corrected chi connectivity index (χ4v) is 6.18. The third kappa shape index (κ3) is 4.54. The molecule has 0 saturated carbocycles. The predicted molar refractivity (Wildman–Crippen MR) is 114 cm³/mol. The van der Waals surface area contributed by atoms with Crippen molar-refractivity contribution >= 4 is 41.0 Å². The first-order chi connectivity index (χ1) is 13.7. The first-order valence-electron chi connectivity index (χ1n) is 9.31. The summed E-state index contributed by atoms with van der Waals surface area (Å²) >= 11 is 3.82. The number of nitrogens with one attached hydrogen (secondary N) is 1. The first kappa shape index (κ1) is 19.4. The van der Waals surface area contributed by atoms with Crippen molar-refractivity contribution in [3.63, 3.8) is 0 Å². The molecule has 1 unspecified atom stereocenters. The Labute approximate surface area is 173 Å². The number of ether oxygens (including phenoxy) is 1. The van der Waals surface area contributed by atoms with E-state index in [0.29, 0.717) is 30.0 Å². The monoisotopic (exact) mass is 414 g/mol. The Morgan fingerprint density at radius 2 is 1.75 bits per heavy atom. The molecule has 1 N–H and O–H groups in total. The quantitative estimate of drug-likeness (QED) is 0.776. The average Bonchev–Trinajstić information content (AvgIpc) is 3.29. The molecular weight excluding hydrogens is 392 g/mol. The van der Waals surface area contributed by atoms with Gasteiger partial charge in [-0.3, -0.25) is 9.59 Å². The summed E-state index contributed by atoms with van der Waals surface area (Å²) in [5, 5.41) is 2.77. The van der Waals surface area contributed by atoms with Crippen LogP contribution in [0.2, 0.25) is 0 Å². The molecule has 28 heavy (non-hydrogen) atoms. The molecule has 1 atom stereocenters.